The second-order valence-corrected chi connectivity index (χ2v) is 29.0. The monoisotopic (exact) mass is 748 g/mol. The zero-order chi connectivity index (χ0) is 39.4. The zero-order valence-electron chi connectivity index (χ0n) is 35.2. The van der Waals surface area contributed by atoms with Crippen LogP contribution < -0.4 is 4.90 Å². The average molecular weight is 749 g/mol. The number of rotatable bonds is 13. The van der Waals surface area contributed by atoms with Crippen molar-refractivity contribution in [2.24, 2.45) is 0 Å². The molecular weight excluding hydrogens is 677 g/mol. The van der Waals surface area contributed by atoms with Gasteiger partial charge in [-0.15, -0.1) is 6.58 Å². The Labute approximate surface area is 312 Å². The number of anilines is 1. The number of imide groups is 1. The number of ether oxygens (including phenoxy) is 3. The Balaban J connectivity index is 2.88. The van der Waals surface area contributed by atoms with Gasteiger partial charge in [0.1, 0.15) is 17.3 Å². The van der Waals surface area contributed by atoms with Gasteiger partial charge < -0.3 is 23.1 Å². The maximum absolute atomic E-state index is 13.8. The van der Waals surface area contributed by atoms with Crippen LogP contribution in [-0.4, -0.2) is 63.3 Å². The van der Waals surface area contributed by atoms with E-state index in [1.54, 1.807) is 53.8 Å². The van der Waals surface area contributed by atoms with E-state index in [2.05, 4.69) is 94.6 Å². The van der Waals surface area contributed by atoms with Crippen molar-refractivity contribution in [2.75, 3.05) is 4.90 Å². The fourth-order valence-electron chi connectivity index (χ4n) is 8.58. The summed E-state index contributed by atoms with van der Waals surface area (Å²) in [6, 6.07) is 1.80. The molecule has 0 aliphatic carbocycles. The van der Waals surface area contributed by atoms with E-state index < -0.39 is 52.2 Å². The van der Waals surface area contributed by atoms with Gasteiger partial charge in [0.05, 0.1) is 30.2 Å². The van der Waals surface area contributed by atoms with E-state index in [1.807, 2.05) is 6.08 Å². The fourth-order valence-corrected chi connectivity index (χ4v) is 19.7. The normalized spacial score (nSPS) is 20.9. The Morgan fingerprint density at radius 2 is 1.20 bits per heavy atom. The SMILES string of the molecule is C=C[C@H]1O[C@@H](c2ccncc2N(C(=O)OC(C)(C)C)C(=O)OC(C)(C)C)C[C@@H](O[Si](C(C)C)(C(C)C)C(C)C)[C@@H]1O[Si](C(C)C)(C(C)C)C(C)C. The number of carbonyl (C=O) groups excluding carboxylic acids is 2. The van der Waals surface area contributed by atoms with E-state index in [1.165, 1.54) is 6.20 Å². The fraction of sp³-hybridized carbons (Fsp3) is 0.775. The minimum absolute atomic E-state index is 0.238. The third kappa shape index (κ3) is 10.3. The van der Waals surface area contributed by atoms with Crippen molar-refractivity contribution < 1.29 is 32.7 Å². The number of carbonyl (C=O) groups is 2. The Morgan fingerprint density at radius 1 is 0.784 bits per heavy atom. The molecule has 1 aromatic heterocycles. The molecule has 0 spiro atoms. The Kier molecular flexibility index (Phi) is 15.4. The van der Waals surface area contributed by atoms with Gasteiger partial charge >= 0.3 is 12.2 Å². The lowest BCUT2D eigenvalue weighted by atomic mass is 9.93. The van der Waals surface area contributed by atoms with E-state index in [-0.39, 0.29) is 17.9 Å². The van der Waals surface area contributed by atoms with Crippen LogP contribution in [0.15, 0.2) is 31.1 Å². The number of pyridine rings is 1. The van der Waals surface area contributed by atoms with Crippen LogP contribution >= 0.6 is 0 Å². The molecule has 4 atom stereocenters. The van der Waals surface area contributed by atoms with Crippen molar-refractivity contribution in [3.05, 3.63) is 36.7 Å². The summed E-state index contributed by atoms with van der Waals surface area (Å²) in [4.78, 5) is 32.9. The topological polar surface area (TPSA) is 96.4 Å². The summed E-state index contributed by atoms with van der Waals surface area (Å²) >= 11 is 0. The Bertz CT molecular complexity index is 1240. The molecule has 2 rings (SSSR count). The third-order valence-corrected chi connectivity index (χ3v) is 22.6. The molecule has 0 radical (unpaired) electrons. The molecule has 0 unspecified atom stereocenters. The van der Waals surface area contributed by atoms with Crippen LogP contribution in [-0.2, 0) is 23.1 Å². The molecule has 0 saturated carbocycles. The first-order valence-electron chi connectivity index (χ1n) is 19.1. The van der Waals surface area contributed by atoms with Crippen molar-refractivity contribution in [3.8, 4) is 0 Å². The van der Waals surface area contributed by atoms with Crippen LogP contribution in [0.3, 0.4) is 0 Å². The van der Waals surface area contributed by atoms with Crippen molar-refractivity contribution in [3.63, 3.8) is 0 Å². The standard InChI is InChI=1S/C40H72N2O7Si2/c1-20-33-36(49-51(28(8)9,29(10)11)30(12)13)35(48-50(25(2)3,26(4)5)27(6)7)23-34(45-33)31-21-22-41-24-32(31)42(37(43)46-39(14,15)16)38(44)47-40(17,18)19/h20-22,24-30,33-36H,1,23H2,2-19H3/t33-,34-,35-,36-/m1/s1. The Morgan fingerprint density at radius 3 is 1.57 bits per heavy atom. The van der Waals surface area contributed by atoms with Crippen molar-refractivity contribution in [1.29, 1.82) is 0 Å². The number of hydrogen-bond acceptors (Lipinski definition) is 8. The first-order chi connectivity index (χ1) is 23.3. The summed E-state index contributed by atoms with van der Waals surface area (Å²) in [6.45, 7) is 42.3. The van der Waals surface area contributed by atoms with Crippen LogP contribution in [0, 0.1) is 0 Å². The second kappa shape index (κ2) is 17.4. The summed E-state index contributed by atoms with van der Waals surface area (Å²) in [5.74, 6) is 0. The van der Waals surface area contributed by atoms with Crippen LogP contribution in [0.2, 0.25) is 33.2 Å². The molecule has 9 nitrogen and oxygen atoms in total. The predicted molar refractivity (Wildman–Crippen MR) is 213 cm³/mol. The molecule has 51 heavy (non-hydrogen) atoms. The largest absolute Gasteiger partial charge is 0.443 e. The van der Waals surface area contributed by atoms with Crippen molar-refractivity contribution in [1.82, 2.24) is 4.98 Å². The average Bonchev–Trinajstić information content (AvgIpc) is 2.96. The summed E-state index contributed by atoms with van der Waals surface area (Å²) in [5.41, 5.74) is 1.20. The summed E-state index contributed by atoms with van der Waals surface area (Å²) in [7, 11) is -4.85. The Hall–Kier alpha value is -2.06. The molecule has 292 valence electrons. The van der Waals surface area contributed by atoms with Gasteiger partial charge in [0.25, 0.3) is 0 Å². The lowest BCUT2D eigenvalue weighted by Crippen LogP contribution is -2.61. The molecule has 1 aromatic rings. The second-order valence-electron chi connectivity index (χ2n) is 18.2. The van der Waals surface area contributed by atoms with E-state index in [0.29, 0.717) is 45.2 Å². The summed E-state index contributed by atoms with van der Waals surface area (Å²) < 4.78 is 33.7. The van der Waals surface area contributed by atoms with Gasteiger partial charge in [0.15, 0.2) is 0 Å². The van der Waals surface area contributed by atoms with E-state index in [9.17, 15) is 9.59 Å². The van der Waals surface area contributed by atoms with Gasteiger partial charge in [-0.1, -0.05) is 89.2 Å². The van der Waals surface area contributed by atoms with Gasteiger partial charge in [0, 0.05) is 18.2 Å². The summed E-state index contributed by atoms with van der Waals surface area (Å²) in [6.07, 6.45) is 1.87. The lowest BCUT2D eigenvalue weighted by Gasteiger charge is -2.53. The number of hydrogen-bond donors (Lipinski definition) is 0. The van der Waals surface area contributed by atoms with E-state index in [0.717, 1.165) is 4.90 Å². The molecule has 1 aliphatic rings. The smallest absolute Gasteiger partial charge is 0.424 e. The molecule has 11 heteroatoms. The predicted octanol–water partition coefficient (Wildman–Crippen LogP) is 11.9. The molecule has 1 saturated heterocycles. The highest BCUT2D eigenvalue weighted by Crippen LogP contribution is 2.50. The van der Waals surface area contributed by atoms with Crippen LogP contribution in [0.4, 0.5) is 15.3 Å². The highest BCUT2D eigenvalue weighted by atomic mass is 28.4. The first-order valence-corrected chi connectivity index (χ1v) is 23.4. The molecule has 0 N–H and O–H groups in total. The minimum Gasteiger partial charge on any atom is -0.443 e. The van der Waals surface area contributed by atoms with Gasteiger partial charge in [-0.3, -0.25) is 4.98 Å². The molecule has 2 amide bonds. The number of aromatic nitrogens is 1. The molecule has 1 aliphatic heterocycles. The van der Waals surface area contributed by atoms with Crippen LogP contribution in [0.1, 0.15) is 143 Å². The highest BCUT2D eigenvalue weighted by molar-refractivity contribution is 6.78. The first kappa shape index (κ1) is 45.1. The minimum atomic E-state index is -2.44. The van der Waals surface area contributed by atoms with Gasteiger partial charge in [-0.05, 0) is 80.9 Å². The third-order valence-electron chi connectivity index (χ3n) is 10.4. The molecule has 1 fully saturated rings. The van der Waals surface area contributed by atoms with E-state index in [4.69, 9.17) is 23.1 Å². The quantitative estimate of drug-likeness (QED) is 0.145. The van der Waals surface area contributed by atoms with Gasteiger partial charge in [0.2, 0.25) is 16.6 Å². The number of amides is 2. The van der Waals surface area contributed by atoms with Crippen molar-refractivity contribution in [2.45, 2.75) is 200 Å². The van der Waals surface area contributed by atoms with Crippen LogP contribution in [0.25, 0.3) is 0 Å². The highest BCUT2D eigenvalue weighted by Gasteiger charge is 2.54. The maximum Gasteiger partial charge on any atom is 0.424 e. The zero-order valence-corrected chi connectivity index (χ0v) is 37.2. The molecular formula is C40H72N2O7Si2. The maximum atomic E-state index is 13.8. The molecule has 2 heterocycles. The van der Waals surface area contributed by atoms with Crippen LogP contribution in [0.5, 0.6) is 0 Å². The number of nitrogens with zero attached hydrogens (tertiary/aromatic N) is 2. The van der Waals surface area contributed by atoms with Gasteiger partial charge in [-0.2, -0.15) is 4.90 Å². The summed E-state index contributed by atoms with van der Waals surface area (Å²) in [5, 5.41) is 0. The molecule has 0 bridgehead atoms. The van der Waals surface area contributed by atoms with Crippen molar-refractivity contribution >= 4 is 34.5 Å². The lowest BCUT2D eigenvalue weighted by molar-refractivity contribution is -0.144. The van der Waals surface area contributed by atoms with Gasteiger partial charge in [-0.25, -0.2) is 9.59 Å². The van der Waals surface area contributed by atoms with E-state index >= 15 is 0 Å². The molecule has 0 aromatic carbocycles.